The van der Waals surface area contributed by atoms with Gasteiger partial charge in [0.1, 0.15) is 5.78 Å². The van der Waals surface area contributed by atoms with Crippen molar-refractivity contribution in [2.45, 2.75) is 120 Å². The van der Waals surface area contributed by atoms with Crippen LogP contribution >= 0.6 is 0 Å². The van der Waals surface area contributed by atoms with Crippen molar-refractivity contribution in [3.05, 3.63) is 11.6 Å². The molecule has 198 valence electrons. The number of fused-ring (bicyclic) bond motifs is 4. The summed E-state index contributed by atoms with van der Waals surface area (Å²) < 4.78 is 0. The van der Waals surface area contributed by atoms with Crippen LogP contribution in [0.15, 0.2) is 11.6 Å². The van der Waals surface area contributed by atoms with E-state index in [0.29, 0.717) is 36.9 Å². The highest BCUT2D eigenvalue weighted by atomic mass is 16.1. The minimum atomic E-state index is -0.375. The Bertz CT molecular complexity index is 926. The van der Waals surface area contributed by atoms with Crippen LogP contribution in [0.5, 0.6) is 0 Å². The molecule has 0 aliphatic heterocycles. The van der Waals surface area contributed by atoms with Crippen LogP contribution < -0.4 is 5.73 Å². The van der Waals surface area contributed by atoms with E-state index in [0.717, 1.165) is 44.1 Å². The third-order valence-electron chi connectivity index (χ3n) is 12.6. The Labute approximate surface area is 215 Å². The number of nitrogens with two attached hydrogens (primary N) is 1. The minimum absolute atomic E-state index is 0.0394. The molecule has 0 amide bonds. The number of Topliss-reactive ketones (excluding diaryl/α,β-unsaturated/α-hetero) is 2. The molecule has 0 radical (unpaired) electrons. The monoisotopic (exact) mass is 483 g/mol. The van der Waals surface area contributed by atoms with Gasteiger partial charge in [0.25, 0.3) is 0 Å². The number of allylic oxidation sites excluding steroid dienone is 2. The van der Waals surface area contributed by atoms with Crippen molar-refractivity contribution in [3.8, 4) is 0 Å². The first-order valence-electron chi connectivity index (χ1n) is 14.4. The first kappa shape index (κ1) is 27.1. The summed E-state index contributed by atoms with van der Waals surface area (Å²) in [6, 6.07) is 0. The predicted molar refractivity (Wildman–Crippen MR) is 145 cm³/mol. The zero-order valence-electron chi connectivity index (χ0n) is 24.3. The second-order valence-corrected chi connectivity index (χ2v) is 15.8. The molecule has 3 saturated carbocycles. The lowest BCUT2D eigenvalue weighted by atomic mass is 9.39. The van der Waals surface area contributed by atoms with Crippen molar-refractivity contribution in [2.75, 3.05) is 6.54 Å². The summed E-state index contributed by atoms with van der Waals surface area (Å²) >= 11 is 0. The first-order chi connectivity index (χ1) is 15.9. The molecule has 3 heteroatoms. The Morgan fingerprint density at radius 2 is 1.49 bits per heavy atom. The van der Waals surface area contributed by atoms with Gasteiger partial charge in [0.15, 0.2) is 5.78 Å². The van der Waals surface area contributed by atoms with Crippen LogP contribution in [0.2, 0.25) is 0 Å². The van der Waals surface area contributed by atoms with Crippen molar-refractivity contribution in [3.63, 3.8) is 0 Å². The van der Waals surface area contributed by atoms with E-state index in [9.17, 15) is 9.59 Å². The summed E-state index contributed by atoms with van der Waals surface area (Å²) in [5.41, 5.74) is 7.46. The largest absolute Gasteiger partial charge is 0.330 e. The maximum Gasteiger partial charge on any atom is 0.164 e. The van der Waals surface area contributed by atoms with Crippen molar-refractivity contribution >= 4 is 11.6 Å². The second-order valence-electron chi connectivity index (χ2n) is 15.8. The molecule has 4 rings (SSSR count). The van der Waals surface area contributed by atoms with Gasteiger partial charge in [0.05, 0.1) is 0 Å². The Hall–Kier alpha value is -0.960. The molecule has 6 atom stereocenters. The lowest BCUT2D eigenvalue weighted by molar-refractivity contribution is -0.160. The number of rotatable bonds is 1. The molecule has 3 unspecified atom stereocenters. The van der Waals surface area contributed by atoms with Crippen LogP contribution in [0, 0.1) is 50.2 Å². The van der Waals surface area contributed by atoms with Crippen LogP contribution in [0.3, 0.4) is 0 Å². The van der Waals surface area contributed by atoms with Gasteiger partial charge in [-0.25, -0.2) is 0 Å². The molecule has 0 aromatic heterocycles. The Balaban J connectivity index is 1.81. The van der Waals surface area contributed by atoms with Crippen LogP contribution in [0.4, 0.5) is 0 Å². The highest BCUT2D eigenvalue weighted by Crippen LogP contribution is 2.69. The van der Waals surface area contributed by atoms with E-state index < -0.39 is 0 Å². The minimum Gasteiger partial charge on any atom is -0.330 e. The number of ketones is 2. The average Bonchev–Trinajstić information content (AvgIpc) is 2.74. The van der Waals surface area contributed by atoms with Gasteiger partial charge in [0.2, 0.25) is 0 Å². The number of hydrogen-bond acceptors (Lipinski definition) is 3. The lowest BCUT2D eigenvalue weighted by Gasteiger charge is -2.65. The molecular weight excluding hydrogens is 430 g/mol. The van der Waals surface area contributed by atoms with Gasteiger partial charge in [-0.05, 0) is 109 Å². The number of carbonyl (C=O) groups excluding carboxylic acids is 2. The Morgan fingerprint density at radius 1 is 0.857 bits per heavy atom. The Morgan fingerprint density at radius 3 is 2.11 bits per heavy atom. The van der Waals surface area contributed by atoms with E-state index in [2.05, 4.69) is 61.5 Å². The van der Waals surface area contributed by atoms with Crippen molar-refractivity contribution in [2.24, 2.45) is 56.0 Å². The van der Waals surface area contributed by atoms with Crippen molar-refractivity contribution in [1.29, 1.82) is 0 Å². The molecule has 3 nitrogen and oxygen atoms in total. The zero-order chi connectivity index (χ0) is 26.2. The lowest BCUT2D eigenvalue weighted by Crippen LogP contribution is -2.60. The molecule has 4 aliphatic carbocycles. The molecule has 4 aliphatic rings. The summed E-state index contributed by atoms with van der Waals surface area (Å²) in [4.78, 5) is 27.3. The third-order valence-corrected chi connectivity index (χ3v) is 12.6. The fraction of sp³-hybridized carbons (Fsp3) is 0.875. The fourth-order valence-corrected chi connectivity index (χ4v) is 9.85. The van der Waals surface area contributed by atoms with Crippen LogP contribution in [-0.2, 0) is 9.59 Å². The smallest absolute Gasteiger partial charge is 0.164 e. The number of carbonyl (C=O) groups is 2. The SMILES string of the molecule is CC1=C[C@@]2(C)C(CC[C@]3(C)C2CC(=O)CC2CC(C)(C)CC[C@]2(CN)CCC3(C)C)C(C)(C)C1=O. The van der Waals surface area contributed by atoms with Gasteiger partial charge in [-0.1, -0.05) is 61.5 Å². The summed E-state index contributed by atoms with van der Waals surface area (Å²) in [5, 5.41) is 0. The molecule has 0 aromatic rings. The average molecular weight is 484 g/mol. The quantitative estimate of drug-likeness (QED) is 0.419. The summed E-state index contributed by atoms with van der Waals surface area (Å²) in [6.07, 6.45) is 11.5. The Kier molecular flexibility index (Phi) is 6.40. The van der Waals surface area contributed by atoms with Crippen LogP contribution in [-0.4, -0.2) is 18.1 Å². The van der Waals surface area contributed by atoms with Crippen LogP contribution in [0.25, 0.3) is 0 Å². The van der Waals surface area contributed by atoms with E-state index in [1.807, 2.05) is 6.92 Å². The second kappa shape index (κ2) is 8.27. The van der Waals surface area contributed by atoms with E-state index in [1.54, 1.807) is 0 Å². The van der Waals surface area contributed by atoms with Gasteiger partial charge in [-0.2, -0.15) is 0 Å². The molecule has 2 N–H and O–H groups in total. The van der Waals surface area contributed by atoms with Gasteiger partial charge in [-0.15, -0.1) is 0 Å². The van der Waals surface area contributed by atoms with E-state index in [1.165, 1.54) is 6.42 Å². The van der Waals surface area contributed by atoms with Gasteiger partial charge in [-0.3, -0.25) is 9.59 Å². The maximum atomic E-state index is 14.0. The first-order valence-corrected chi connectivity index (χ1v) is 14.4. The molecule has 35 heavy (non-hydrogen) atoms. The van der Waals surface area contributed by atoms with Crippen LogP contribution in [0.1, 0.15) is 120 Å². The predicted octanol–water partition coefficient (Wildman–Crippen LogP) is 7.52. The maximum absolute atomic E-state index is 14.0. The van der Waals surface area contributed by atoms with E-state index in [4.69, 9.17) is 5.73 Å². The van der Waals surface area contributed by atoms with E-state index in [-0.39, 0.29) is 44.3 Å². The van der Waals surface area contributed by atoms with E-state index >= 15 is 0 Å². The molecule has 0 aromatic carbocycles. The highest BCUT2D eigenvalue weighted by Gasteiger charge is 2.63. The fourth-order valence-electron chi connectivity index (χ4n) is 9.85. The standard InChI is InChI=1S/C32H53NO2/c1-21-18-30(8)24(29(6,7)26(21)35)10-11-31(9)25(30)17-23(34)16-22-19-27(2,3)12-14-32(22,20-33)15-13-28(31,4)5/h18,22,24-25H,10-17,19-20,33H2,1-9H3/t22?,24?,25?,30-,31+,32+/m0/s1. The zero-order valence-corrected chi connectivity index (χ0v) is 24.3. The van der Waals surface area contributed by atoms with Crippen molar-refractivity contribution in [1.82, 2.24) is 0 Å². The van der Waals surface area contributed by atoms with Gasteiger partial charge in [0, 0.05) is 18.3 Å². The topological polar surface area (TPSA) is 60.2 Å². The molecule has 0 saturated heterocycles. The van der Waals surface area contributed by atoms with Gasteiger partial charge >= 0.3 is 0 Å². The summed E-state index contributed by atoms with van der Waals surface area (Å²) in [5.74, 6) is 1.65. The highest BCUT2D eigenvalue weighted by molar-refractivity contribution is 6.00. The molecule has 0 spiro atoms. The third kappa shape index (κ3) is 4.02. The summed E-state index contributed by atoms with van der Waals surface area (Å²) in [6.45, 7) is 21.6. The summed E-state index contributed by atoms with van der Waals surface area (Å²) in [7, 11) is 0. The normalized spacial score (nSPS) is 45.0. The molecule has 0 bridgehead atoms. The molecule has 0 heterocycles. The number of hydrogen-bond donors (Lipinski definition) is 1. The van der Waals surface area contributed by atoms with Gasteiger partial charge < -0.3 is 5.73 Å². The van der Waals surface area contributed by atoms with Crippen molar-refractivity contribution < 1.29 is 9.59 Å². The molecule has 3 fully saturated rings. The molecular formula is C32H53NO2.